The van der Waals surface area contributed by atoms with Crippen LogP contribution in [-0.2, 0) is 4.79 Å². The molecule has 2 amide bonds. The molecule has 0 unspecified atom stereocenters. The fraction of sp³-hybridized carbons (Fsp3) is 0.333. The lowest BCUT2D eigenvalue weighted by Gasteiger charge is -2.19. The lowest BCUT2D eigenvalue weighted by molar-refractivity contribution is -0.121. The van der Waals surface area contributed by atoms with Gasteiger partial charge in [0, 0.05) is 23.1 Å². The molecule has 1 fully saturated rings. The van der Waals surface area contributed by atoms with Gasteiger partial charge in [-0.25, -0.2) is 4.39 Å². The molecule has 1 aromatic carbocycles. The van der Waals surface area contributed by atoms with Crippen LogP contribution in [0.2, 0.25) is 0 Å². The molecular weight excluding hydrogens is 303 g/mol. The largest absolute Gasteiger partial charge is 0.354 e. The van der Waals surface area contributed by atoms with E-state index >= 15 is 0 Å². The van der Waals surface area contributed by atoms with Crippen molar-refractivity contribution in [2.24, 2.45) is 0 Å². The van der Waals surface area contributed by atoms with Crippen molar-refractivity contribution in [2.45, 2.75) is 6.42 Å². The fourth-order valence-electron chi connectivity index (χ4n) is 1.84. The van der Waals surface area contributed by atoms with Crippen LogP contribution in [0.4, 0.5) is 4.39 Å². The number of benzene rings is 1. The van der Waals surface area contributed by atoms with Crippen LogP contribution in [0.3, 0.4) is 0 Å². The zero-order valence-electron chi connectivity index (χ0n) is 9.58. The SMILES string of the molecule is O=C1CN(C(=O)c2cc(F)cc(Br)c2)CCCN1. The number of rotatable bonds is 1. The Bertz CT molecular complexity index is 473. The molecule has 1 N–H and O–H groups in total. The molecule has 0 aliphatic carbocycles. The smallest absolute Gasteiger partial charge is 0.254 e. The number of nitrogens with one attached hydrogen (secondary N) is 1. The Labute approximate surface area is 112 Å². The number of hydrogen-bond donors (Lipinski definition) is 1. The molecule has 96 valence electrons. The molecule has 0 radical (unpaired) electrons. The first kappa shape index (κ1) is 13.0. The Balaban J connectivity index is 2.21. The third-order valence-electron chi connectivity index (χ3n) is 2.66. The fourth-order valence-corrected chi connectivity index (χ4v) is 2.30. The highest BCUT2D eigenvalue weighted by molar-refractivity contribution is 9.10. The van der Waals surface area contributed by atoms with E-state index in [0.29, 0.717) is 24.0 Å². The summed E-state index contributed by atoms with van der Waals surface area (Å²) < 4.78 is 13.7. The topological polar surface area (TPSA) is 49.4 Å². The third-order valence-corrected chi connectivity index (χ3v) is 3.12. The molecule has 0 bridgehead atoms. The summed E-state index contributed by atoms with van der Waals surface area (Å²) in [4.78, 5) is 25.0. The minimum Gasteiger partial charge on any atom is -0.354 e. The van der Waals surface area contributed by atoms with Crippen LogP contribution in [0.15, 0.2) is 22.7 Å². The number of amides is 2. The number of halogens is 2. The molecule has 4 nitrogen and oxygen atoms in total. The Hall–Kier alpha value is -1.43. The van der Waals surface area contributed by atoms with Gasteiger partial charge in [-0.05, 0) is 24.6 Å². The Morgan fingerprint density at radius 1 is 1.39 bits per heavy atom. The lowest BCUT2D eigenvalue weighted by atomic mass is 10.2. The molecule has 2 rings (SSSR count). The predicted molar refractivity (Wildman–Crippen MR) is 67.6 cm³/mol. The number of carbonyl (C=O) groups is 2. The second-order valence-electron chi connectivity index (χ2n) is 4.09. The molecule has 0 aromatic heterocycles. The molecule has 6 heteroatoms. The standard InChI is InChI=1S/C12H12BrFN2O2/c13-9-4-8(5-10(14)6-9)12(18)16-3-1-2-15-11(17)7-16/h4-6H,1-3,7H2,(H,15,17). The van der Waals surface area contributed by atoms with E-state index in [-0.39, 0.29) is 23.9 Å². The van der Waals surface area contributed by atoms with E-state index < -0.39 is 5.82 Å². The number of carbonyl (C=O) groups excluding carboxylic acids is 2. The zero-order chi connectivity index (χ0) is 13.1. The van der Waals surface area contributed by atoms with Gasteiger partial charge in [0.25, 0.3) is 5.91 Å². The average molecular weight is 315 g/mol. The van der Waals surface area contributed by atoms with Crippen molar-refractivity contribution in [3.05, 3.63) is 34.1 Å². The second-order valence-corrected chi connectivity index (χ2v) is 5.00. The van der Waals surface area contributed by atoms with E-state index in [9.17, 15) is 14.0 Å². The predicted octanol–water partition coefficient (Wildman–Crippen LogP) is 1.55. The van der Waals surface area contributed by atoms with Crippen molar-refractivity contribution < 1.29 is 14.0 Å². The minimum absolute atomic E-state index is 0.0208. The molecule has 0 spiro atoms. The summed E-state index contributed by atoms with van der Waals surface area (Å²) >= 11 is 3.14. The van der Waals surface area contributed by atoms with E-state index in [4.69, 9.17) is 0 Å². The maximum atomic E-state index is 13.2. The van der Waals surface area contributed by atoms with E-state index in [2.05, 4.69) is 21.2 Å². The maximum Gasteiger partial charge on any atom is 0.254 e. The summed E-state index contributed by atoms with van der Waals surface area (Å²) in [7, 11) is 0. The molecule has 18 heavy (non-hydrogen) atoms. The van der Waals surface area contributed by atoms with Crippen molar-refractivity contribution in [3.63, 3.8) is 0 Å². The van der Waals surface area contributed by atoms with Gasteiger partial charge < -0.3 is 10.2 Å². The van der Waals surface area contributed by atoms with Crippen molar-refractivity contribution in [1.82, 2.24) is 10.2 Å². The van der Waals surface area contributed by atoms with Gasteiger partial charge in [-0.15, -0.1) is 0 Å². The van der Waals surface area contributed by atoms with Crippen LogP contribution >= 0.6 is 15.9 Å². The highest BCUT2D eigenvalue weighted by Gasteiger charge is 2.21. The summed E-state index contributed by atoms with van der Waals surface area (Å²) in [5, 5.41) is 2.69. The number of hydrogen-bond acceptors (Lipinski definition) is 2. The highest BCUT2D eigenvalue weighted by Crippen LogP contribution is 2.16. The molecule has 0 atom stereocenters. The van der Waals surface area contributed by atoms with Crippen LogP contribution in [0.1, 0.15) is 16.8 Å². The van der Waals surface area contributed by atoms with Crippen molar-refractivity contribution in [1.29, 1.82) is 0 Å². The van der Waals surface area contributed by atoms with E-state index in [1.165, 1.54) is 17.0 Å². The molecule has 0 saturated carbocycles. The molecular formula is C12H12BrFN2O2. The van der Waals surface area contributed by atoms with E-state index in [0.717, 1.165) is 0 Å². The molecule has 1 heterocycles. The Morgan fingerprint density at radius 3 is 2.89 bits per heavy atom. The Kier molecular flexibility index (Phi) is 3.96. The molecule has 1 aromatic rings. The van der Waals surface area contributed by atoms with Crippen molar-refractivity contribution >= 4 is 27.7 Å². The van der Waals surface area contributed by atoms with Gasteiger partial charge in [0.15, 0.2) is 0 Å². The van der Waals surface area contributed by atoms with Crippen LogP contribution in [0.5, 0.6) is 0 Å². The average Bonchev–Trinajstić information content (AvgIpc) is 2.51. The van der Waals surface area contributed by atoms with Gasteiger partial charge in [-0.1, -0.05) is 15.9 Å². The van der Waals surface area contributed by atoms with E-state index in [1.54, 1.807) is 6.07 Å². The molecule has 1 aliphatic rings. The molecule has 1 aliphatic heterocycles. The van der Waals surface area contributed by atoms with Crippen LogP contribution in [0, 0.1) is 5.82 Å². The summed E-state index contributed by atoms with van der Waals surface area (Å²) in [6.45, 7) is 1.08. The zero-order valence-corrected chi connectivity index (χ0v) is 11.2. The Morgan fingerprint density at radius 2 is 2.17 bits per heavy atom. The van der Waals surface area contributed by atoms with Crippen molar-refractivity contribution in [2.75, 3.05) is 19.6 Å². The van der Waals surface area contributed by atoms with Gasteiger partial charge >= 0.3 is 0 Å². The van der Waals surface area contributed by atoms with Gasteiger partial charge in [0.1, 0.15) is 5.82 Å². The van der Waals surface area contributed by atoms with Crippen LogP contribution < -0.4 is 5.32 Å². The van der Waals surface area contributed by atoms with Gasteiger partial charge in [0.05, 0.1) is 6.54 Å². The third kappa shape index (κ3) is 3.07. The normalized spacial score (nSPS) is 16.1. The maximum absolute atomic E-state index is 13.2. The summed E-state index contributed by atoms with van der Waals surface area (Å²) in [6.07, 6.45) is 0.702. The number of nitrogens with zero attached hydrogens (tertiary/aromatic N) is 1. The summed E-state index contributed by atoms with van der Waals surface area (Å²) in [6, 6.07) is 4.01. The molecule has 1 saturated heterocycles. The van der Waals surface area contributed by atoms with Gasteiger partial charge in [-0.2, -0.15) is 0 Å². The van der Waals surface area contributed by atoms with E-state index in [1.807, 2.05) is 0 Å². The minimum atomic E-state index is -0.480. The second kappa shape index (κ2) is 5.48. The summed E-state index contributed by atoms with van der Waals surface area (Å²) in [5.74, 6) is -0.990. The first-order chi connectivity index (χ1) is 8.56. The first-order valence-corrected chi connectivity index (χ1v) is 6.37. The lowest BCUT2D eigenvalue weighted by Crippen LogP contribution is -2.37. The summed E-state index contributed by atoms with van der Waals surface area (Å²) in [5.41, 5.74) is 0.247. The van der Waals surface area contributed by atoms with Gasteiger partial charge in [-0.3, -0.25) is 9.59 Å². The highest BCUT2D eigenvalue weighted by atomic mass is 79.9. The van der Waals surface area contributed by atoms with Crippen LogP contribution in [-0.4, -0.2) is 36.3 Å². The quantitative estimate of drug-likeness (QED) is 0.855. The monoisotopic (exact) mass is 314 g/mol. The first-order valence-electron chi connectivity index (χ1n) is 5.58. The van der Waals surface area contributed by atoms with Crippen LogP contribution in [0.25, 0.3) is 0 Å². The van der Waals surface area contributed by atoms with Crippen molar-refractivity contribution in [3.8, 4) is 0 Å². The van der Waals surface area contributed by atoms with Gasteiger partial charge in [0.2, 0.25) is 5.91 Å².